The fourth-order valence-electron chi connectivity index (χ4n) is 5.59. The lowest BCUT2D eigenvalue weighted by molar-refractivity contribution is -0.389. The van der Waals surface area contributed by atoms with Gasteiger partial charge in [0.1, 0.15) is 24.7 Å². The maximum atomic E-state index is 14.8. The Morgan fingerprint density at radius 2 is 0.980 bits per heavy atom. The van der Waals surface area contributed by atoms with Gasteiger partial charge in [-0.25, -0.2) is 27.2 Å². The first-order valence-corrected chi connectivity index (χ1v) is 15.1. The van der Waals surface area contributed by atoms with Crippen molar-refractivity contribution in [2.45, 2.75) is 104 Å². The number of carbonyl (C=O) groups excluding carboxylic acids is 2. The van der Waals surface area contributed by atoms with Crippen molar-refractivity contribution in [2.75, 3.05) is 0 Å². The molecule has 2 aliphatic rings. The maximum absolute atomic E-state index is 14.8. The molecule has 3 N–H and O–H groups in total. The Morgan fingerprint density at radius 1 is 0.653 bits per heavy atom. The van der Waals surface area contributed by atoms with E-state index in [4.69, 9.17) is 0 Å². The van der Waals surface area contributed by atoms with Gasteiger partial charge in [0, 0.05) is 11.8 Å². The van der Waals surface area contributed by atoms with Gasteiger partial charge in [0.25, 0.3) is 15.7 Å². The lowest BCUT2D eigenvalue weighted by Gasteiger charge is -2.43. The fourth-order valence-corrected chi connectivity index (χ4v) is 6.14. The normalized spacial score (nSPS) is 30.3. The minimum atomic E-state index is -6.45. The van der Waals surface area contributed by atoms with Gasteiger partial charge in [-0.3, -0.25) is 4.55 Å². The third-order valence-electron chi connectivity index (χ3n) is 8.45. The quantitative estimate of drug-likeness (QED) is 0.191. The zero-order chi connectivity index (χ0) is 37.9. The molecule has 1 aromatic rings. The summed E-state index contributed by atoms with van der Waals surface area (Å²) in [7, 11) is -5.40. The molecule has 0 spiro atoms. The third kappa shape index (κ3) is 8.03. The number of hydrogen-bond acceptors (Lipinski definition) is 8. The summed E-state index contributed by atoms with van der Waals surface area (Å²) >= 11 is 0. The summed E-state index contributed by atoms with van der Waals surface area (Å²) in [5.41, 5.74) is -11.5. The monoisotopic (exact) mass is 760 g/mol. The second-order valence-electron chi connectivity index (χ2n) is 11.8. The second-order valence-corrected chi connectivity index (χ2v) is 13.2. The number of rotatable bonds is 7. The number of aliphatic hydroxyl groups is 2. The van der Waals surface area contributed by atoms with Crippen LogP contribution in [0.25, 0.3) is 0 Å². The molecule has 49 heavy (non-hydrogen) atoms. The molecule has 0 bridgehead atoms. The van der Waals surface area contributed by atoms with Gasteiger partial charge in [-0.1, -0.05) is 0 Å². The van der Waals surface area contributed by atoms with Gasteiger partial charge in [0.05, 0.1) is 16.0 Å². The van der Waals surface area contributed by atoms with Gasteiger partial charge >= 0.3 is 30.5 Å². The zero-order valence-corrected chi connectivity index (χ0v) is 25.1. The van der Waals surface area contributed by atoms with E-state index in [9.17, 15) is 89.8 Å². The number of ether oxygens (including phenoxy) is 2. The average Bonchev–Trinajstić information content (AvgIpc) is 2.93. The van der Waals surface area contributed by atoms with Crippen molar-refractivity contribution in [2.24, 2.45) is 11.8 Å². The summed E-state index contributed by atoms with van der Waals surface area (Å²) in [6.07, 6.45) is -41.2. The predicted octanol–water partition coefficient (Wildman–Crippen LogP) is 5.33. The molecular formula is C26H25F13O9S. The summed E-state index contributed by atoms with van der Waals surface area (Å²) in [5, 5.41) is 19.3. The van der Waals surface area contributed by atoms with E-state index >= 15 is 0 Å². The molecule has 3 rings (SSSR count). The predicted molar refractivity (Wildman–Crippen MR) is 133 cm³/mol. The molecule has 280 valence electrons. The lowest BCUT2D eigenvalue weighted by Crippen LogP contribution is -2.64. The SMILES string of the molecule is CC(O)(C1CC(F)C(OC(=O)c2cc(C(=O)OC3C(F)CC(C(O)(C(F)(F)F)C(F)(F)F)CC3F)cc(S(=O)(=O)O)c2)C(F)C1)C(F)(F)F. The average molecular weight is 761 g/mol. The molecule has 0 saturated heterocycles. The van der Waals surface area contributed by atoms with Crippen LogP contribution in [-0.2, 0) is 19.6 Å². The van der Waals surface area contributed by atoms with Crippen LogP contribution in [0.5, 0.6) is 0 Å². The number of halogens is 13. The summed E-state index contributed by atoms with van der Waals surface area (Å²) < 4.78 is 220. The lowest BCUT2D eigenvalue weighted by atomic mass is 9.73. The van der Waals surface area contributed by atoms with E-state index in [0.29, 0.717) is 6.07 Å². The number of benzene rings is 1. The minimum absolute atomic E-state index is 0.215. The zero-order valence-electron chi connectivity index (χ0n) is 24.3. The molecule has 23 heteroatoms. The summed E-state index contributed by atoms with van der Waals surface area (Å²) in [6, 6.07) is 0.788. The van der Waals surface area contributed by atoms with E-state index < -0.39 is 142 Å². The van der Waals surface area contributed by atoms with Crippen molar-refractivity contribution in [1.29, 1.82) is 0 Å². The molecule has 2 saturated carbocycles. The van der Waals surface area contributed by atoms with E-state index in [0.717, 1.165) is 0 Å². The highest BCUT2D eigenvalue weighted by molar-refractivity contribution is 7.85. The molecule has 9 nitrogen and oxygen atoms in total. The maximum Gasteiger partial charge on any atom is 0.426 e. The number of carbonyl (C=O) groups is 2. The largest absolute Gasteiger partial charge is 0.453 e. The first kappa shape index (κ1) is 40.5. The number of hydrogen-bond donors (Lipinski definition) is 3. The summed E-state index contributed by atoms with van der Waals surface area (Å²) in [6.45, 7) is 0.262. The molecule has 2 fully saturated rings. The third-order valence-corrected chi connectivity index (χ3v) is 9.28. The van der Waals surface area contributed by atoms with E-state index in [2.05, 4.69) is 9.47 Å². The molecular weight excluding hydrogens is 735 g/mol. The highest BCUT2D eigenvalue weighted by Crippen LogP contribution is 2.52. The van der Waals surface area contributed by atoms with Crippen molar-refractivity contribution in [1.82, 2.24) is 0 Å². The van der Waals surface area contributed by atoms with E-state index in [1.54, 1.807) is 0 Å². The molecule has 0 aliphatic heterocycles. The molecule has 5 unspecified atom stereocenters. The molecule has 1 aromatic carbocycles. The smallest absolute Gasteiger partial charge is 0.426 e. The molecule has 0 heterocycles. The Labute approximate surface area is 267 Å². The van der Waals surface area contributed by atoms with Crippen LogP contribution in [0.4, 0.5) is 57.1 Å². The summed E-state index contributed by atoms with van der Waals surface area (Å²) in [4.78, 5) is 24.1. The minimum Gasteiger partial charge on any atom is -0.453 e. The van der Waals surface area contributed by atoms with Crippen molar-refractivity contribution in [3.63, 3.8) is 0 Å². The number of alkyl halides is 13. The van der Waals surface area contributed by atoms with Crippen molar-refractivity contribution in [3.05, 3.63) is 29.3 Å². The van der Waals surface area contributed by atoms with Crippen LogP contribution >= 0.6 is 0 Å². The summed E-state index contributed by atoms with van der Waals surface area (Å²) in [5.74, 6) is -9.08. The highest BCUT2D eigenvalue weighted by atomic mass is 32.2. The van der Waals surface area contributed by atoms with Crippen molar-refractivity contribution < 1.29 is 99.3 Å². The first-order chi connectivity index (χ1) is 21.9. The molecule has 0 amide bonds. The van der Waals surface area contributed by atoms with Crippen LogP contribution in [0.1, 0.15) is 53.3 Å². The highest BCUT2D eigenvalue weighted by Gasteiger charge is 2.74. The van der Waals surface area contributed by atoms with Crippen LogP contribution < -0.4 is 0 Å². The van der Waals surface area contributed by atoms with Crippen LogP contribution in [0, 0.1) is 11.8 Å². The second kappa shape index (κ2) is 13.3. The Kier molecular flexibility index (Phi) is 11.0. The van der Waals surface area contributed by atoms with Gasteiger partial charge in [0.2, 0.25) is 0 Å². The molecule has 0 radical (unpaired) electrons. The van der Waals surface area contributed by atoms with E-state index in [1.165, 1.54) is 0 Å². The molecule has 2 aliphatic carbocycles. The Hall–Kier alpha value is -2.92. The topological polar surface area (TPSA) is 147 Å². The van der Waals surface area contributed by atoms with Crippen molar-refractivity contribution in [3.8, 4) is 0 Å². The Morgan fingerprint density at radius 3 is 1.27 bits per heavy atom. The van der Waals surface area contributed by atoms with Crippen molar-refractivity contribution >= 4 is 22.1 Å². The van der Waals surface area contributed by atoms with Gasteiger partial charge in [0.15, 0.2) is 17.8 Å². The van der Waals surface area contributed by atoms with E-state index in [-0.39, 0.29) is 19.1 Å². The first-order valence-electron chi connectivity index (χ1n) is 13.7. The standard InChI is InChI=1S/C26H25F13O9S/c1-22(42,24(31,32)33)11-5-14(27)18(15(28)6-11)47-20(40)9-2-10(4-13(3-9)49(44,45)46)21(41)48-19-16(29)7-12(8-17(19)30)23(43,25(34,35)36)26(37,38)39/h2-4,11-12,14-19,42-43H,5-8H2,1H3,(H,44,45,46). The van der Waals surface area contributed by atoms with Crippen LogP contribution in [0.2, 0.25) is 0 Å². The molecule has 0 aromatic heterocycles. The molecule has 5 atom stereocenters. The Balaban J connectivity index is 1.85. The Bertz CT molecular complexity index is 1470. The van der Waals surface area contributed by atoms with Gasteiger partial charge in [-0.05, 0) is 50.8 Å². The van der Waals surface area contributed by atoms with Gasteiger partial charge < -0.3 is 19.7 Å². The van der Waals surface area contributed by atoms with E-state index in [1.807, 2.05) is 0 Å². The van der Waals surface area contributed by atoms with Crippen LogP contribution in [0.15, 0.2) is 23.1 Å². The van der Waals surface area contributed by atoms with Gasteiger partial charge in [-0.15, -0.1) is 0 Å². The number of esters is 2. The van der Waals surface area contributed by atoms with Crippen LogP contribution in [-0.4, -0.2) is 102 Å². The van der Waals surface area contributed by atoms with Crippen LogP contribution in [0.3, 0.4) is 0 Å². The van der Waals surface area contributed by atoms with Gasteiger partial charge in [-0.2, -0.15) is 47.9 Å². The fraction of sp³-hybridized carbons (Fsp3) is 0.692.